The highest BCUT2D eigenvalue weighted by atomic mass is 32.2. The maximum Gasteiger partial charge on any atom is 0.255 e. The van der Waals surface area contributed by atoms with Gasteiger partial charge in [0.25, 0.3) is 5.91 Å². The van der Waals surface area contributed by atoms with Crippen molar-refractivity contribution in [2.75, 3.05) is 11.6 Å². The summed E-state index contributed by atoms with van der Waals surface area (Å²) in [7, 11) is -0.914. The second-order valence-electron chi connectivity index (χ2n) is 5.19. The predicted octanol–water partition coefficient (Wildman–Crippen LogP) is 3.43. The molecule has 0 aliphatic heterocycles. The van der Waals surface area contributed by atoms with Gasteiger partial charge in [0.2, 0.25) is 0 Å². The third-order valence-electron chi connectivity index (χ3n) is 3.19. The SMILES string of the molecule is Cc1ccc(NC(=O)c2cccc(C[S@](C)=O)c2)c(C)c1. The minimum atomic E-state index is -0.914. The van der Waals surface area contributed by atoms with Gasteiger partial charge in [-0.2, -0.15) is 0 Å². The Morgan fingerprint density at radius 2 is 1.90 bits per heavy atom. The molecular weight excluding hydrogens is 282 g/mol. The van der Waals surface area contributed by atoms with Gasteiger partial charge in [-0.25, -0.2) is 0 Å². The lowest BCUT2D eigenvalue weighted by Gasteiger charge is -2.10. The molecule has 110 valence electrons. The number of hydrogen-bond acceptors (Lipinski definition) is 2. The minimum Gasteiger partial charge on any atom is -0.322 e. The molecular formula is C17H19NO2S. The molecule has 21 heavy (non-hydrogen) atoms. The van der Waals surface area contributed by atoms with E-state index in [1.807, 2.05) is 44.2 Å². The summed E-state index contributed by atoms with van der Waals surface area (Å²) in [6.45, 7) is 3.99. The molecule has 0 aliphatic carbocycles. The summed E-state index contributed by atoms with van der Waals surface area (Å²) in [5.74, 6) is 0.315. The summed E-state index contributed by atoms with van der Waals surface area (Å²) in [4.78, 5) is 12.3. The van der Waals surface area contributed by atoms with Crippen molar-refractivity contribution in [2.45, 2.75) is 19.6 Å². The predicted molar refractivity (Wildman–Crippen MR) is 88.1 cm³/mol. The van der Waals surface area contributed by atoms with Gasteiger partial charge in [-0.15, -0.1) is 0 Å². The van der Waals surface area contributed by atoms with Crippen molar-refractivity contribution in [3.8, 4) is 0 Å². The highest BCUT2D eigenvalue weighted by Crippen LogP contribution is 2.17. The first-order valence-electron chi connectivity index (χ1n) is 6.73. The zero-order valence-electron chi connectivity index (χ0n) is 12.5. The summed E-state index contributed by atoms with van der Waals surface area (Å²) in [5, 5.41) is 2.92. The first-order valence-corrected chi connectivity index (χ1v) is 8.46. The van der Waals surface area contributed by atoms with E-state index >= 15 is 0 Å². The first kappa shape index (κ1) is 15.4. The van der Waals surface area contributed by atoms with Crippen molar-refractivity contribution in [1.82, 2.24) is 0 Å². The molecule has 1 amide bonds. The highest BCUT2D eigenvalue weighted by molar-refractivity contribution is 7.83. The maximum absolute atomic E-state index is 12.3. The molecule has 0 aromatic heterocycles. The summed E-state index contributed by atoms with van der Waals surface area (Å²) in [6.07, 6.45) is 1.66. The molecule has 2 aromatic carbocycles. The Labute approximate surface area is 127 Å². The van der Waals surface area contributed by atoms with Crippen LogP contribution in [0.2, 0.25) is 0 Å². The Morgan fingerprint density at radius 1 is 1.14 bits per heavy atom. The van der Waals surface area contributed by atoms with E-state index in [0.29, 0.717) is 11.3 Å². The van der Waals surface area contributed by atoms with E-state index in [9.17, 15) is 9.00 Å². The third-order valence-corrected chi connectivity index (χ3v) is 3.93. The van der Waals surface area contributed by atoms with Crippen molar-refractivity contribution in [3.05, 3.63) is 64.7 Å². The Hall–Kier alpha value is -1.94. The molecule has 0 heterocycles. The summed E-state index contributed by atoms with van der Waals surface area (Å²) in [6, 6.07) is 13.2. The Morgan fingerprint density at radius 3 is 2.57 bits per heavy atom. The number of anilines is 1. The van der Waals surface area contributed by atoms with E-state index < -0.39 is 10.8 Å². The van der Waals surface area contributed by atoms with Gasteiger partial charge < -0.3 is 5.32 Å². The largest absolute Gasteiger partial charge is 0.322 e. The van der Waals surface area contributed by atoms with Crippen LogP contribution in [0.5, 0.6) is 0 Å². The smallest absolute Gasteiger partial charge is 0.255 e. The van der Waals surface area contributed by atoms with Gasteiger partial charge in [0.15, 0.2) is 0 Å². The number of hydrogen-bond donors (Lipinski definition) is 1. The quantitative estimate of drug-likeness (QED) is 0.940. The first-order chi connectivity index (χ1) is 9.95. The molecule has 0 aliphatic rings. The Kier molecular flexibility index (Phi) is 4.91. The molecule has 2 rings (SSSR count). The van der Waals surface area contributed by atoms with E-state index in [2.05, 4.69) is 5.32 Å². The van der Waals surface area contributed by atoms with Gasteiger partial charge >= 0.3 is 0 Å². The van der Waals surface area contributed by atoms with E-state index in [1.54, 1.807) is 18.4 Å². The molecule has 4 heteroatoms. The fraction of sp³-hybridized carbons (Fsp3) is 0.235. The molecule has 1 atom stereocenters. The highest BCUT2D eigenvalue weighted by Gasteiger charge is 2.09. The van der Waals surface area contributed by atoms with Gasteiger partial charge in [0.05, 0.1) is 0 Å². The van der Waals surface area contributed by atoms with Gasteiger partial charge in [-0.3, -0.25) is 9.00 Å². The number of amides is 1. The van der Waals surface area contributed by atoms with E-state index in [4.69, 9.17) is 0 Å². The molecule has 3 nitrogen and oxygen atoms in total. The van der Waals surface area contributed by atoms with E-state index in [1.165, 1.54) is 0 Å². The molecule has 0 fully saturated rings. The fourth-order valence-electron chi connectivity index (χ4n) is 2.19. The van der Waals surface area contributed by atoms with E-state index in [-0.39, 0.29) is 5.91 Å². The second-order valence-corrected chi connectivity index (χ2v) is 6.63. The van der Waals surface area contributed by atoms with Crippen LogP contribution in [0.3, 0.4) is 0 Å². The van der Waals surface area contributed by atoms with Crippen molar-refractivity contribution >= 4 is 22.4 Å². The van der Waals surface area contributed by atoms with Gasteiger partial charge in [-0.05, 0) is 43.2 Å². The molecule has 2 aromatic rings. The maximum atomic E-state index is 12.3. The van der Waals surface area contributed by atoms with Crippen LogP contribution in [0, 0.1) is 13.8 Å². The van der Waals surface area contributed by atoms with Gasteiger partial charge in [-0.1, -0.05) is 29.8 Å². The standard InChI is InChI=1S/C17H19NO2S/c1-12-7-8-16(13(2)9-12)18-17(19)15-6-4-5-14(10-15)11-21(3)20/h4-10H,11H2,1-3H3,(H,18,19)/t21-/m0/s1. The number of carbonyl (C=O) groups is 1. The molecule has 0 unspecified atom stereocenters. The Bertz CT molecular complexity index is 695. The normalized spacial score (nSPS) is 12.0. The zero-order chi connectivity index (χ0) is 15.4. The van der Waals surface area contributed by atoms with Gasteiger partial charge in [0.1, 0.15) is 0 Å². The number of rotatable bonds is 4. The van der Waals surface area contributed by atoms with Crippen molar-refractivity contribution in [1.29, 1.82) is 0 Å². The number of nitrogens with one attached hydrogen (secondary N) is 1. The topological polar surface area (TPSA) is 46.2 Å². The molecule has 0 saturated carbocycles. The second kappa shape index (κ2) is 6.68. The van der Waals surface area contributed by atoms with Crippen molar-refractivity contribution in [3.63, 3.8) is 0 Å². The van der Waals surface area contributed by atoms with Crippen LogP contribution < -0.4 is 5.32 Å². The molecule has 1 N–H and O–H groups in total. The van der Waals surface area contributed by atoms with Crippen LogP contribution >= 0.6 is 0 Å². The van der Waals surface area contributed by atoms with Crippen LogP contribution in [-0.4, -0.2) is 16.4 Å². The van der Waals surface area contributed by atoms with Crippen LogP contribution in [-0.2, 0) is 16.6 Å². The molecule has 0 saturated heterocycles. The average molecular weight is 301 g/mol. The zero-order valence-corrected chi connectivity index (χ0v) is 13.3. The molecule has 0 radical (unpaired) electrons. The van der Waals surface area contributed by atoms with Gasteiger partial charge in [0, 0.05) is 34.1 Å². The lowest BCUT2D eigenvalue weighted by atomic mass is 10.1. The fourth-order valence-corrected chi connectivity index (χ4v) is 2.83. The summed E-state index contributed by atoms with van der Waals surface area (Å²) >= 11 is 0. The number of benzene rings is 2. The Balaban J connectivity index is 2.18. The van der Waals surface area contributed by atoms with Crippen LogP contribution in [0.4, 0.5) is 5.69 Å². The average Bonchev–Trinajstić information content (AvgIpc) is 2.41. The van der Waals surface area contributed by atoms with Crippen LogP contribution in [0.1, 0.15) is 27.0 Å². The lowest BCUT2D eigenvalue weighted by molar-refractivity contribution is 0.102. The summed E-state index contributed by atoms with van der Waals surface area (Å²) in [5.41, 5.74) is 4.50. The number of aryl methyl sites for hydroxylation is 2. The molecule has 0 spiro atoms. The summed E-state index contributed by atoms with van der Waals surface area (Å²) < 4.78 is 11.3. The van der Waals surface area contributed by atoms with Crippen molar-refractivity contribution in [2.24, 2.45) is 0 Å². The van der Waals surface area contributed by atoms with E-state index in [0.717, 1.165) is 22.4 Å². The number of carbonyl (C=O) groups excluding carboxylic acids is 1. The van der Waals surface area contributed by atoms with Crippen LogP contribution in [0.25, 0.3) is 0 Å². The van der Waals surface area contributed by atoms with Crippen molar-refractivity contribution < 1.29 is 9.00 Å². The third kappa shape index (κ3) is 4.26. The lowest BCUT2D eigenvalue weighted by Crippen LogP contribution is -2.13. The van der Waals surface area contributed by atoms with Crippen LogP contribution in [0.15, 0.2) is 42.5 Å². The molecule has 0 bridgehead atoms. The monoisotopic (exact) mass is 301 g/mol. The minimum absolute atomic E-state index is 0.148.